The van der Waals surface area contributed by atoms with Gasteiger partial charge >= 0.3 is 6.18 Å². The summed E-state index contributed by atoms with van der Waals surface area (Å²) in [4.78, 5) is 1.54. The predicted octanol–water partition coefficient (Wildman–Crippen LogP) is 2.78. The van der Waals surface area contributed by atoms with Gasteiger partial charge in [0.1, 0.15) is 0 Å². The SMILES string of the molecule is CCN(CCO)c1ccc(CNC2CC2)cc1C(F)(F)F. The normalized spacial score (nSPS) is 15.3. The van der Waals surface area contributed by atoms with Crippen LogP contribution in [-0.4, -0.2) is 30.8 Å². The molecule has 1 saturated carbocycles. The number of rotatable bonds is 7. The van der Waals surface area contributed by atoms with Crippen molar-refractivity contribution in [1.82, 2.24) is 5.32 Å². The second kappa shape index (κ2) is 6.66. The van der Waals surface area contributed by atoms with E-state index in [9.17, 15) is 13.2 Å². The second-order valence-corrected chi connectivity index (χ2v) is 5.31. The summed E-state index contributed by atoms with van der Waals surface area (Å²) < 4.78 is 39.8. The molecule has 0 radical (unpaired) electrons. The molecule has 2 N–H and O–H groups in total. The van der Waals surface area contributed by atoms with Gasteiger partial charge in [-0.2, -0.15) is 13.2 Å². The minimum Gasteiger partial charge on any atom is -0.395 e. The molecule has 1 aliphatic rings. The summed E-state index contributed by atoms with van der Waals surface area (Å²) in [7, 11) is 0. The first-order valence-corrected chi connectivity index (χ1v) is 7.25. The molecule has 1 fully saturated rings. The van der Waals surface area contributed by atoms with E-state index in [1.54, 1.807) is 17.9 Å². The van der Waals surface area contributed by atoms with Gasteiger partial charge in [0.25, 0.3) is 0 Å². The minimum atomic E-state index is -4.40. The zero-order valence-electron chi connectivity index (χ0n) is 12.1. The summed E-state index contributed by atoms with van der Waals surface area (Å²) in [6, 6.07) is 4.90. The molecule has 0 unspecified atom stereocenters. The molecule has 0 aromatic heterocycles. The highest BCUT2D eigenvalue weighted by atomic mass is 19.4. The van der Waals surface area contributed by atoms with Crippen LogP contribution in [0.4, 0.5) is 18.9 Å². The van der Waals surface area contributed by atoms with E-state index >= 15 is 0 Å². The average molecular weight is 302 g/mol. The van der Waals surface area contributed by atoms with Crippen LogP contribution in [-0.2, 0) is 12.7 Å². The van der Waals surface area contributed by atoms with Gasteiger partial charge in [0.05, 0.1) is 12.2 Å². The van der Waals surface area contributed by atoms with E-state index in [0.717, 1.165) is 12.8 Å². The van der Waals surface area contributed by atoms with Crippen LogP contribution in [0.3, 0.4) is 0 Å². The second-order valence-electron chi connectivity index (χ2n) is 5.31. The van der Waals surface area contributed by atoms with Crippen molar-refractivity contribution < 1.29 is 18.3 Å². The molecular weight excluding hydrogens is 281 g/mol. The molecule has 0 aliphatic heterocycles. The smallest absolute Gasteiger partial charge is 0.395 e. The van der Waals surface area contributed by atoms with Crippen molar-refractivity contribution in [2.75, 3.05) is 24.6 Å². The summed E-state index contributed by atoms with van der Waals surface area (Å²) in [6.45, 7) is 2.68. The van der Waals surface area contributed by atoms with Crippen molar-refractivity contribution in [3.63, 3.8) is 0 Å². The predicted molar refractivity (Wildman–Crippen MR) is 76.3 cm³/mol. The molecule has 3 nitrogen and oxygen atoms in total. The molecule has 2 rings (SSSR count). The molecule has 1 aromatic carbocycles. The fraction of sp³-hybridized carbons (Fsp3) is 0.600. The number of hydrogen-bond acceptors (Lipinski definition) is 3. The number of alkyl halides is 3. The lowest BCUT2D eigenvalue weighted by molar-refractivity contribution is -0.137. The van der Waals surface area contributed by atoms with Crippen LogP contribution < -0.4 is 10.2 Å². The zero-order valence-corrected chi connectivity index (χ0v) is 12.1. The molecule has 0 spiro atoms. The Balaban J connectivity index is 2.25. The van der Waals surface area contributed by atoms with Crippen molar-refractivity contribution >= 4 is 5.69 Å². The summed E-state index contributed by atoms with van der Waals surface area (Å²) in [5, 5.41) is 12.2. The molecular formula is C15H21F3N2O. The first-order chi connectivity index (χ1) is 9.95. The fourth-order valence-corrected chi connectivity index (χ4v) is 2.32. The van der Waals surface area contributed by atoms with Crippen LogP contribution in [0.15, 0.2) is 18.2 Å². The summed E-state index contributed by atoms with van der Waals surface area (Å²) in [6.07, 6.45) is -2.19. The van der Waals surface area contributed by atoms with Gasteiger partial charge in [-0.3, -0.25) is 0 Å². The number of anilines is 1. The molecule has 0 saturated heterocycles. The Morgan fingerprint density at radius 3 is 2.57 bits per heavy atom. The molecule has 6 heteroatoms. The largest absolute Gasteiger partial charge is 0.418 e. The topological polar surface area (TPSA) is 35.5 Å². The van der Waals surface area contributed by atoms with Crippen molar-refractivity contribution in [3.05, 3.63) is 29.3 Å². The van der Waals surface area contributed by atoms with Crippen molar-refractivity contribution in [2.24, 2.45) is 0 Å². The molecule has 0 amide bonds. The van der Waals surface area contributed by atoms with Crippen molar-refractivity contribution in [1.29, 1.82) is 0 Å². The van der Waals surface area contributed by atoms with E-state index in [2.05, 4.69) is 5.32 Å². The van der Waals surface area contributed by atoms with Gasteiger partial charge in [-0.25, -0.2) is 0 Å². The fourth-order valence-electron chi connectivity index (χ4n) is 2.32. The van der Waals surface area contributed by atoms with Crippen LogP contribution in [0.25, 0.3) is 0 Å². The standard InChI is InChI=1S/C15H21F3N2O/c1-2-20(7-8-21)14-6-3-11(10-19-12-4-5-12)9-13(14)15(16,17)18/h3,6,9,12,19,21H,2,4-5,7-8,10H2,1H3. The van der Waals surface area contributed by atoms with Gasteiger partial charge in [0, 0.05) is 31.4 Å². The highest BCUT2D eigenvalue weighted by Crippen LogP contribution is 2.37. The van der Waals surface area contributed by atoms with Crippen molar-refractivity contribution in [3.8, 4) is 0 Å². The van der Waals surface area contributed by atoms with E-state index < -0.39 is 11.7 Å². The third kappa shape index (κ3) is 4.35. The van der Waals surface area contributed by atoms with E-state index in [4.69, 9.17) is 5.11 Å². The Morgan fingerprint density at radius 1 is 1.33 bits per heavy atom. The van der Waals surface area contributed by atoms with Crippen LogP contribution in [0.1, 0.15) is 30.9 Å². The van der Waals surface area contributed by atoms with E-state index in [0.29, 0.717) is 24.7 Å². The lowest BCUT2D eigenvalue weighted by atomic mass is 10.1. The average Bonchev–Trinajstić information content (AvgIpc) is 3.25. The Kier molecular flexibility index (Phi) is 5.11. The molecule has 0 atom stereocenters. The van der Waals surface area contributed by atoms with Gasteiger partial charge in [-0.05, 0) is 37.5 Å². The minimum absolute atomic E-state index is 0.134. The summed E-state index contributed by atoms with van der Waals surface area (Å²) in [5.74, 6) is 0. The summed E-state index contributed by atoms with van der Waals surface area (Å²) >= 11 is 0. The number of aliphatic hydroxyl groups excluding tert-OH is 1. The number of likely N-dealkylation sites (N-methyl/N-ethyl adjacent to an activating group) is 1. The molecule has 118 valence electrons. The number of benzene rings is 1. The Hall–Kier alpha value is -1.27. The van der Waals surface area contributed by atoms with E-state index in [1.165, 1.54) is 12.1 Å². The van der Waals surface area contributed by atoms with Gasteiger partial charge in [-0.15, -0.1) is 0 Å². The van der Waals surface area contributed by atoms with Gasteiger partial charge in [0.2, 0.25) is 0 Å². The molecule has 0 heterocycles. The maximum absolute atomic E-state index is 13.3. The Morgan fingerprint density at radius 2 is 2.05 bits per heavy atom. The number of nitrogens with zero attached hydrogens (tertiary/aromatic N) is 1. The van der Waals surface area contributed by atoms with Crippen molar-refractivity contribution in [2.45, 2.75) is 38.5 Å². The van der Waals surface area contributed by atoms with Gasteiger partial charge in [-0.1, -0.05) is 6.07 Å². The van der Waals surface area contributed by atoms with Gasteiger partial charge < -0.3 is 15.3 Å². The van der Waals surface area contributed by atoms with Crippen LogP contribution in [0, 0.1) is 0 Å². The Bertz CT molecular complexity index is 472. The molecule has 1 aliphatic carbocycles. The monoisotopic (exact) mass is 302 g/mol. The third-order valence-corrected chi connectivity index (χ3v) is 3.63. The maximum atomic E-state index is 13.3. The summed E-state index contributed by atoms with van der Waals surface area (Å²) in [5.41, 5.74) is 0.139. The van der Waals surface area contributed by atoms with Crippen LogP contribution in [0.2, 0.25) is 0 Å². The van der Waals surface area contributed by atoms with Crippen LogP contribution in [0.5, 0.6) is 0 Å². The van der Waals surface area contributed by atoms with Crippen LogP contribution >= 0.6 is 0 Å². The first kappa shape index (κ1) is 16.1. The Labute approximate surface area is 122 Å². The number of aliphatic hydroxyl groups is 1. The van der Waals surface area contributed by atoms with E-state index in [1.807, 2.05) is 0 Å². The lowest BCUT2D eigenvalue weighted by Crippen LogP contribution is -2.29. The number of halogens is 3. The van der Waals surface area contributed by atoms with E-state index in [-0.39, 0.29) is 18.8 Å². The first-order valence-electron chi connectivity index (χ1n) is 7.25. The highest BCUT2D eigenvalue weighted by Gasteiger charge is 2.35. The highest BCUT2D eigenvalue weighted by molar-refractivity contribution is 5.56. The molecule has 0 bridgehead atoms. The third-order valence-electron chi connectivity index (χ3n) is 3.63. The quantitative estimate of drug-likeness (QED) is 0.813. The number of nitrogens with one attached hydrogen (secondary N) is 1. The van der Waals surface area contributed by atoms with Gasteiger partial charge in [0.15, 0.2) is 0 Å². The lowest BCUT2D eigenvalue weighted by Gasteiger charge is -2.26. The maximum Gasteiger partial charge on any atom is 0.418 e. The number of hydrogen-bond donors (Lipinski definition) is 2. The zero-order chi connectivity index (χ0) is 15.5. The molecule has 21 heavy (non-hydrogen) atoms. The molecule has 1 aromatic rings.